The van der Waals surface area contributed by atoms with Gasteiger partial charge in [0.2, 0.25) is 11.1 Å². The number of fused-ring (bicyclic) bond motifs is 1. The number of anilines is 1. The first-order chi connectivity index (χ1) is 15.6. The number of rotatable bonds is 4. The molecule has 1 aromatic heterocycles. The van der Waals surface area contributed by atoms with Crippen molar-refractivity contribution in [1.82, 2.24) is 14.9 Å². The number of hydrogen-bond donors (Lipinski definition) is 2. The van der Waals surface area contributed by atoms with Crippen molar-refractivity contribution in [2.24, 2.45) is 0 Å². The Morgan fingerprint density at radius 1 is 0.906 bits per heavy atom. The Morgan fingerprint density at radius 2 is 1.56 bits per heavy atom. The van der Waals surface area contributed by atoms with Crippen molar-refractivity contribution in [3.8, 4) is 11.4 Å². The smallest absolute Gasteiger partial charge is 0.240 e. The van der Waals surface area contributed by atoms with Crippen molar-refractivity contribution < 1.29 is 4.79 Å². The number of hydrogen-bond acceptors (Lipinski definition) is 5. The van der Waals surface area contributed by atoms with E-state index < -0.39 is 5.25 Å². The standard InChI is InChI=1S/C25H23N5OS/c1-16-8-12-18(13-9-16)21-22(24(31)26-20-14-10-17(2)11-15-20)32-25-28-27-23(30(25)29-21)19-6-4-3-5-7-19/h3-15,21-22,29H,1-2H3,(H,26,31)/t21-,22-/m1/s1. The summed E-state index contributed by atoms with van der Waals surface area (Å²) in [6, 6.07) is 25.8. The van der Waals surface area contributed by atoms with Crippen LogP contribution in [-0.2, 0) is 4.79 Å². The molecule has 0 saturated heterocycles. The molecule has 1 amide bonds. The summed E-state index contributed by atoms with van der Waals surface area (Å²) in [5.74, 6) is 0.648. The summed E-state index contributed by atoms with van der Waals surface area (Å²) in [5.41, 5.74) is 8.61. The van der Waals surface area contributed by atoms with Crippen molar-refractivity contribution >= 4 is 23.4 Å². The van der Waals surface area contributed by atoms with E-state index in [-0.39, 0.29) is 11.9 Å². The molecule has 0 spiro atoms. The largest absolute Gasteiger partial charge is 0.325 e. The lowest BCUT2D eigenvalue weighted by Gasteiger charge is -2.33. The van der Waals surface area contributed by atoms with E-state index in [1.807, 2.05) is 66.2 Å². The third-order valence-corrected chi connectivity index (χ3v) is 6.70. The first kappa shape index (κ1) is 20.3. The van der Waals surface area contributed by atoms with Gasteiger partial charge in [0.1, 0.15) is 5.25 Å². The van der Waals surface area contributed by atoms with Gasteiger partial charge in [-0.05, 0) is 31.5 Å². The van der Waals surface area contributed by atoms with Crippen LogP contribution in [0.3, 0.4) is 0 Å². The number of carbonyl (C=O) groups excluding carboxylic acids is 1. The third kappa shape index (κ3) is 3.99. The molecule has 2 heterocycles. The maximum atomic E-state index is 13.4. The van der Waals surface area contributed by atoms with Gasteiger partial charge in [-0.1, -0.05) is 89.6 Å². The van der Waals surface area contributed by atoms with Gasteiger partial charge in [-0.2, -0.15) is 0 Å². The van der Waals surface area contributed by atoms with E-state index in [0.29, 0.717) is 5.16 Å². The van der Waals surface area contributed by atoms with Crippen molar-refractivity contribution in [2.45, 2.75) is 30.3 Å². The van der Waals surface area contributed by atoms with Gasteiger partial charge in [-0.25, -0.2) is 4.68 Å². The number of benzene rings is 3. The second kappa shape index (κ2) is 8.51. The van der Waals surface area contributed by atoms with Crippen LogP contribution >= 0.6 is 11.8 Å². The molecule has 0 saturated carbocycles. The number of aryl methyl sites for hydroxylation is 2. The zero-order chi connectivity index (χ0) is 22.1. The number of aromatic nitrogens is 3. The van der Waals surface area contributed by atoms with Crippen LogP contribution in [0.4, 0.5) is 5.69 Å². The lowest BCUT2D eigenvalue weighted by atomic mass is 10.0. The molecule has 3 aromatic carbocycles. The number of amides is 1. The van der Waals surface area contributed by atoms with Crippen molar-refractivity contribution in [1.29, 1.82) is 0 Å². The SMILES string of the molecule is Cc1ccc(NC(=O)[C@@H]2Sc3nnc(-c4ccccc4)n3N[C@@H]2c2ccc(C)cc2)cc1. The Morgan fingerprint density at radius 3 is 2.25 bits per heavy atom. The summed E-state index contributed by atoms with van der Waals surface area (Å²) in [6.45, 7) is 4.08. The molecule has 1 aliphatic rings. The molecule has 0 radical (unpaired) electrons. The fraction of sp³-hybridized carbons (Fsp3) is 0.160. The second-order valence-electron chi connectivity index (χ2n) is 7.92. The third-order valence-electron chi connectivity index (χ3n) is 5.48. The van der Waals surface area contributed by atoms with Gasteiger partial charge in [-0.15, -0.1) is 10.2 Å². The second-order valence-corrected chi connectivity index (χ2v) is 9.03. The van der Waals surface area contributed by atoms with Crippen molar-refractivity contribution in [3.05, 3.63) is 95.6 Å². The highest BCUT2D eigenvalue weighted by atomic mass is 32.2. The average Bonchev–Trinajstić information content (AvgIpc) is 3.24. The summed E-state index contributed by atoms with van der Waals surface area (Å²) >= 11 is 1.42. The molecule has 1 aliphatic heterocycles. The number of nitrogens with zero attached hydrogens (tertiary/aromatic N) is 3. The quantitative estimate of drug-likeness (QED) is 0.468. The first-order valence-corrected chi connectivity index (χ1v) is 11.3. The summed E-state index contributed by atoms with van der Waals surface area (Å²) in [7, 11) is 0. The lowest BCUT2D eigenvalue weighted by Crippen LogP contribution is -2.41. The maximum Gasteiger partial charge on any atom is 0.240 e. The monoisotopic (exact) mass is 441 g/mol. The highest BCUT2D eigenvalue weighted by Crippen LogP contribution is 2.39. The lowest BCUT2D eigenvalue weighted by molar-refractivity contribution is -0.116. The van der Waals surface area contributed by atoms with Gasteiger partial charge >= 0.3 is 0 Å². The summed E-state index contributed by atoms with van der Waals surface area (Å²) in [4.78, 5) is 13.4. The van der Waals surface area contributed by atoms with E-state index in [4.69, 9.17) is 0 Å². The molecule has 5 rings (SSSR count). The summed E-state index contributed by atoms with van der Waals surface area (Å²) in [6.07, 6.45) is 0. The molecule has 4 aromatic rings. The van der Waals surface area contributed by atoms with Crippen molar-refractivity contribution in [2.75, 3.05) is 10.7 Å². The molecule has 0 fully saturated rings. The van der Waals surface area contributed by atoms with Crippen LogP contribution in [0.1, 0.15) is 22.7 Å². The normalized spacial score (nSPS) is 17.3. The van der Waals surface area contributed by atoms with Gasteiger partial charge < -0.3 is 10.7 Å². The van der Waals surface area contributed by atoms with E-state index in [9.17, 15) is 4.79 Å². The van der Waals surface area contributed by atoms with E-state index in [1.165, 1.54) is 17.3 Å². The zero-order valence-electron chi connectivity index (χ0n) is 17.8. The fourth-order valence-corrected chi connectivity index (χ4v) is 4.78. The minimum atomic E-state index is -0.417. The van der Waals surface area contributed by atoms with Gasteiger partial charge in [0, 0.05) is 11.3 Å². The highest BCUT2D eigenvalue weighted by Gasteiger charge is 2.38. The summed E-state index contributed by atoms with van der Waals surface area (Å²) < 4.78 is 1.89. The van der Waals surface area contributed by atoms with E-state index in [2.05, 4.69) is 52.1 Å². The Balaban J connectivity index is 1.50. The topological polar surface area (TPSA) is 71.8 Å². The molecular weight excluding hydrogens is 418 g/mol. The zero-order valence-corrected chi connectivity index (χ0v) is 18.6. The molecule has 7 heteroatoms. The van der Waals surface area contributed by atoms with Crippen LogP contribution in [0.5, 0.6) is 0 Å². The molecule has 32 heavy (non-hydrogen) atoms. The Labute approximate surface area is 191 Å². The highest BCUT2D eigenvalue weighted by molar-refractivity contribution is 8.00. The van der Waals surface area contributed by atoms with Crippen LogP contribution < -0.4 is 10.7 Å². The molecule has 0 unspecified atom stereocenters. The molecule has 160 valence electrons. The van der Waals surface area contributed by atoms with Gasteiger partial charge in [0.25, 0.3) is 0 Å². The minimum Gasteiger partial charge on any atom is -0.325 e. The molecular formula is C25H23N5OS. The van der Waals surface area contributed by atoms with Gasteiger partial charge in [0.05, 0.1) is 6.04 Å². The Hall–Kier alpha value is -3.58. The van der Waals surface area contributed by atoms with E-state index in [0.717, 1.165) is 28.2 Å². The predicted octanol–water partition coefficient (Wildman–Crippen LogP) is 4.96. The number of nitrogens with one attached hydrogen (secondary N) is 2. The van der Waals surface area contributed by atoms with Crippen LogP contribution in [0.2, 0.25) is 0 Å². The fourth-order valence-electron chi connectivity index (χ4n) is 3.70. The maximum absolute atomic E-state index is 13.4. The van der Waals surface area contributed by atoms with Gasteiger partial charge in [0.15, 0.2) is 5.82 Å². The number of thioether (sulfide) groups is 1. The molecule has 2 atom stereocenters. The molecule has 2 N–H and O–H groups in total. The van der Waals surface area contributed by atoms with Gasteiger partial charge in [-0.3, -0.25) is 4.79 Å². The Kier molecular flexibility index (Phi) is 5.41. The minimum absolute atomic E-state index is 0.0764. The molecule has 0 aliphatic carbocycles. The van der Waals surface area contributed by atoms with Crippen LogP contribution in [0, 0.1) is 13.8 Å². The van der Waals surface area contributed by atoms with Crippen LogP contribution in [0.25, 0.3) is 11.4 Å². The molecule has 0 bridgehead atoms. The van der Waals surface area contributed by atoms with Crippen LogP contribution in [0.15, 0.2) is 84.0 Å². The van der Waals surface area contributed by atoms with E-state index >= 15 is 0 Å². The predicted molar refractivity (Wildman–Crippen MR) is 128 cm³/mol. The van der Waals surface area contributed by atoms with Crippen molar-refractivity contribution in [3.63, 3.8) is 0 Å². The summed E-state index contributed by atoms with van der Waals surface area (Å²) in [5, 5.41) is 12.1. The van der Waals surface area contributed by atoms with E-state index in [1.54, 1.807) is 0 Å². The Bertz CT molecular complexity index is 1240. The van der Waals surface area contributed by atoms with Crippen LogP contribution in [-0.4, -0.2) is 26.0 Å². The number of carbonyl (C=O) groups is 1. The average molecular weight is 442 g/mol. The molecule has 6 nitrogen and oxygen atoms in total. The first-order valence-electron chi connectivity index (χ1n) is 10.5.